The van der Waals surface area contributed by atoms with Crippen molar-refractivity contribution < 1.29 is 13.2 Å². The summed E-state index contributed by atoms with van der Waals surface area (Å²) in [7, 11) is -3.41. The summed E-state index contributed by atoms with van der Waals surface area (Å²) in [5.74, 6) is 0.549. The quantitative estimate of drug-likeness (QED) is 0.673. The van der Waals surface area contributed by atoms with Crippen molar-refractivity contribution in [2.24, 2.45) is 5.92 Å². The van der Waals surface area contributed by atoms with Crippen molar-refractivity contribution >= 4 is 56.3 Å². The third kappa shape index (κ3) is 4.16. The first-order valence-corrected chi connectivity index (χ1v) is 13.2. The minimum absolute atomic E-state index is 0.0719. The molecule has 1 aromatic carbocycles. The summed E-state index contributed by atoms with van der Waals surface area (Å²) in [6.07, 6.45) is 6.77. The molecule has 32 heavy (non-hydrogen) atoms. The highest BCUT2D eigenvalue weighted by Gasteiger charge is 2.34. The number of nitrogens with zero attached hydrogens (tertiary/aromatic N) is 3. The molecule has 0 spiro atoms. The lowest BCUT2D eigenvalue weighted by Gasteiger charge is -2.46. The van der Waals surface area contributed by atoms with E-state index in [1.165, 1.54) is 42.3 Å². The molecule has 0 unspecified atom stereocenters. The molecule has 1 aliphatic carbocycles. The second-order valence-electron chi connectivity index (χ2n) is 8.74. The van der Waals surface area contributed by atoms with Crippen LogP contribution in [-0.4, -0.2) is 44.2 Å². The number of anilines is 3. The Bertz CT molecular complexity index is 1170. The van der Waals surface area contributed by atoms with Gasteiger partial charge in [0.1, 0.15) is 5.82 Å². The van der Waals surface area contributed by atoms with Gasteiger partial charge >= 0.3 is 0 Å². The van der Waals surface area contributed by atoms with Crippen LogP contribution in [0.25, 0.3) is 0 Å². The van der Waals surface area contributed by atoms with Crippen molar-refractivity contribution in [1.82, 2.24) is 4.98 Å². The molecule has 170 valence electrons. The summed E-state index contributed by atoms with van der Waals surface area (Å²) in [6.45, 7) is 1.36. The number of carbonyl (C=O) groups is 1. The predicted octanol–water partition coefficient (Wildman–Crippen LogP) is 4.56. The Morgan fingerprint density at radius 1 is 1.09 bits per heavy atom. The van der Waals surface area contributed by atoms with E-state index in [0.29, 0.717) is 35.6 Å². The van der Waals surface area contributed by atoms with Crippen molar-refractivity contribution in [3.05, 3.63) is 46.1 Å². The summed E-state index contributed by atoms with van der Waals surface area (Å²) in [5.41, 5.74) is 1.74. The Hall–Kier alpha value is -2.03. The zero-order valence-corrected chi connectivity index (χ0v) is 19.8. The SMILES string of the molecule is O=C(Nc1cc(Cl)cc(N2CC3CCC2CC3)c1)c1cc(N2CCCS2(=O)=O)ncc1Cl. The number of benzene rings is 1. The van der Waals surface area contributed by atoms with E-state index in [0.717, 1.165) is 12.2 Å². The second-order valence-corrected chi connectivity index (χ2v) is 11.6. The van der Waals surface area contributed by atoms with Crippen LogP contribution in [0.3, 0.4) is 0 Å². The molecule has 1 amide bonds. The van der Waals surface area contributed by atoms with Crippen molar-refractivity contribution in [3.8, 4) is 0 Å². The number of piperidine rings is 2. The highest BCUT2D eigenvalue weighted by Crippen LogP contribution is 2.39. The zero-order chi connectivity index (χ0) is 22.5. The predicted molar refractivity (Wildman–Crippen MR) is 127 cm³/mol. The Labute approximate surface area is 197 Å². The van der Waals surface area contributed by atoms with Crippen molar-refractivity contribution in [3.63, 3.8) is 0 Å². The van der Waals surface area contributed by atoms with Gasteiger partial charge in [-0.1, -0.05) is 23.2 Å². The Morgan fingerprint density at radius 3 is 2.53 bits per heavy atom. The van der Waals surface area contributed by atoms with Gasteiger partial charge in [-0.15, -0.1) is 0 Å². The van der Waals surface area contributed by atoms with Crippen LogP contribution in [-0.2, 0) is 10.0 Å². The van der Waals surface area contributed by atoms with Gasteiger partial charge in [0.15, 0.2) is 0 Å². The Balaban J connectivity index is 1.40. The van der Waals surface area contributed by atoms with Crippen LogP contribution in [0.4, 0.5) is 17.2 Å². The van der Waals surface area contributed by atoms with Crippen molar-refractivity contribution in [2.45, 2.75) is 38.1 Å². The lowest BCUT2D eigenvalue weighted by Crippen LogP contribution is -2.48. The van der Waals surface area contributed by atoms with Gasteiger partial charge in [-0.25, -0.2) is 13.4 Å². The maximum absolute atomic E-state index is 13.0. The summed E-state index contributed by atoms with van der Waals surface area (Å²) < 4.78 is 25.7. The smallest absolute Gasteiger partial charge is 0.257 e. The fraction of sp³-hybridized carbons (Fsp3) is 0.455. The lowest BCUT2D eigenvalue weighted by molar-refractivity contribution is 0.102. The molecule has 4 aliphatic rings. The van der Waals surface area contributed by atoms with Gasteiger partial charge in [0, 0.05) is 41.7 Å². The topological polar surface area (TPSA) is 82.6 Å². The summed E-state index contributed by atoms with van der Waals surface area (Å²) in [4.78, 5) is 19.6. The van der Waals surface area contributed by atoms with Crippen LogP contribution < -0.4 is 14.5 Å². The molecule has 4 heterocycles. The molecule has 4 fully saturated rings. The van der Waals surface area contributed by atoms with Gasteiger partial charge in [0.05, 0.1) is 16.3 Å². The number of hydrogen-bond acceptors (Lipinski definition) is 5. The van der Waals surface area contributed by atoms with E-state index in [-0.39, 0.29) is 22.2 Å². The molecule has 2 aromatic rings. The van der Waals surface area contributed by atoms with E-state index in [1.54, 1.807) is 6.07 Å². The maximum Gasteiger partial charge on any atom is 0.257 e. The number of pyridine rings is 1. The fourth-order valence-corrected chi connectivity index (χ4v) is 6.95. The lowest BCUT2D eigenvalue weighted by atomic mass is 9.79. The minimum Gasteiger partial charge on any atom is -0.368 e. The summed E-state index contributed by atoms with van der Waals surface area (Å²) >= 11 is 12.6. The van der Waals surface area contributed by atoms with Gasteiger partial charge in [-0.3, -0.25) is 9.10 Å². The number of rotatable bonds is 4. The molecule has 7 nitrogen and oxygen atoms in total. The Morgan fingerprint density at radius 2 is 1.88 bits per heavy atom. The number of sulfonamides is 1. The van der Waals surface area contributed by atoms with E-state index < -0.39 is 15.9 Å². The molecule has 0 radical (unpaired) electrons. The average molecular weight is 495 g/mol. The third-order valence-corrected chi connectivity index (χ3v) is 8.99. The monoisotopic (exact) mass is 494 g/mol. The number of fused-ring (bicyclic) bond motifs is 3. The van der Waals surface area contributed by atoms with Crippen LogP contribution in [0.1, 0.15) is 42.5 Å². The first-order chi connectivity index (χ1) is 15.3. The van der Waals surface area contributed by atoms with E-state index in [9.17, 15) is 13.2 Å². The average Bonchev–Trinajstić information content (AvgIpc) is 3.13. The number of halogens is 2. The number of amides is 1. The molecule has 3 aliphatic heterocycles. The van der Waals surface area contributed by atoms with E-state index >= 15 is 0 Å². The number of aromatic nitrogens is 1. The minimum atomic E-state index is -3.41. The van der Waals surface area contributed by atoms with Gasteiger partial charge < -0.3 is 10.2 Å². The number of hydrogen-bond donors (Lipinski definition) is 1. The highest BCUT2D eigenvalue weighted by molar-refractivity contribution is 7.93. The van der Waals surface area contributed by atoms with Gasteiger partial charge in [0.2, 0.25) is 10.0 Å². The largest absolute Gasteiger partial charge is 0.368 e. The molecule has 6 rings (SSSR count). The molecular formula is C22H24Cl2N4O3S. The van der Waals surface area contributed by atoms with Crippen LogP contribution in [0.5, 0.6) is 0 Å². The molecule has 10 heteroatoms. The van der Waals surface area contributed by atoms with Gasteiger partial charge in [0.25, 0.3) is 5.91 Å². The zero-order valence-electron chi connectivity index (χ0n) is 17.4. The maximum atomic E-state index is 13.0. The van der Waals surface area contributed by atoms with Crippen LogP contribution >= 0.6 is 23.2 Å². The molecule has 1 aromatic heterocycles. The molecule has 3 saturated heterocycles. The standard InChI is InChI=1S/C22H24Cl2N4O3S/c23-15-8-16(10-18(9-15)27-13-14-2-4-17(27)5-3-14)26-22(29)19-11-21(25-12-20(19)24)28-6-1-7-32(28,30)31/h8-12,14,17H,1-7,13H2,(H,26,29). The van der Waals surface area contributed by atoms with Crippen LogP contribution in [0.2, 0.25) is 10.0 Å². The van der Waals surface area contributed by atoms with Crippen molar-refractivity contribution in [2.75, 3.05) is 33.4 Å². The van der Waals surface area contributed by atoms with Crippen LogP contribution in [0.15, 0.2) is 30.5 Å². The fourth-order valence-electron chi connectivity index (χ4n) is 5.03. The first-order valence-electron chi connectivity index (χ1n) is 10.8. The second kappa shape index (κ2) is 8.39. The van der Waals surface area contributed by atoms with Gasteiger partial charge in [-0.05, 0) is 62.3 Å². The highest BCUT2D eigenvalue weighted by atomic mass is 35.5. The van der Waals surface area contributed by atoms with E-state index in [1.807, 2.05) is 12.1 Å². The summed E-state index contributed by atoms with van der Waals surface area (Å²) in [6, 6.07) is 7.52. The van der Waals surface area contributed by atoms with Crippen LogP contribution in [0, 0.1) is 5.92 Å². The molecular weight excluding hydrogens is 471 g/mol. The molecule has 1 saturated carbocycles. The molecule has 1 N–H and O–H groups in total. The third-order valence-electron chi connectivity index (χ3n) is 6.62. The van der Waals surface area contributed by atoms with E-state index in [4.69, 9.17) is 23.2 Å². The molecule has 0 atom stereocenters. The first kappa shape index (κ1) is 21.8. The van der Waals surface area contributed by atoms with E-state index in [2.05, 4.69) is 15.2 Å². The van der Waals surface area contributed by atoms with Crippen molar-refractivity contribution in [1.29, 1.82) is 0 Å². The normalized spacial score (nSPS) is 24.1. The van der Waals surface area contributed by atoms with Gasteiger partial charge in [-0.2, -0.15) is 0 Å². The number of carbonyl (C=O) groups excluding carboxylic acids is 1. The molecule has 2 bridgehead atoms. The summed E-state index contributed by atoms with van der Waals surface area (Å²) in [5, 5.41) is 3.57. The number of nitrogens with one attached hydrogen (secondary N) is 1. The Kier molecular flexibility index (Phi) is 5.72.